The lowest BCUT2D eigenvalue weighted by Gasteiger charge is -2.20. The van der Waals surface area contributed by atoms with Crippen molar-refractivity contribution in [3.8, 4) is 0 Å². The van der Waals surface area contributed by atoms with Crippen LogP contribution in [0, 0.1) is 5.92 Å². The van der Waals surface area contributed by atoms with Crippen LogP contribution in [0.25, 0.3) is 0 Å². The molecule has 0 radical (unpaired) electrons. The molecular formula is C14H26N2O3S. The second kappa shape index (κ2) is 7.81. The Morgan fingerprint density at radius 2 is 2.00 bits per heavy atom. The van der Waals surface area contributed by atoms with Gasteiger partial charge in [-0.3, -0.25) is 0 Å². The Kier molecular flexibility index (Phi) is 6.71. The van der Waals surface area contributed by atoms with E-state index in [4.69, 9.17) is 4.42 Å². The molecule has 5 nitrogen and oxygen atoms in total. The fourth-order valence-electron chi connectivity index (χ4n) is 1.91. The molecule has 1 aromatic rings. The molecule has 6 heteroatoms. The highest BCUT2D eigenvalue weighted by Crippen LogP contribution is 2.19. The van der Waals surface area contributed by atoms with Crippen molar-refractivity contribution < 1.29 is 12.8 Å². The third-order valence-corrected chi connectivity index (χ3v) is 4.69. The summed E-state index contributed by atoms with van der Waals surface area (Å²) in [4.78, 5) is 0. The van der Waals surface area contributed by atoms with Crippen molar-refractivity contribution in [1.29, 1.82) is 0 Å². The van der Waals surface area contributed by atoms with E-state index < -0.39 is 10.0 Å². The normalized spacial score (nSPS) is 12.5. The summed E-state index contributed by atoms with van der Waals surface area (Å²) >= 11 is 0. The highest BCUT2D eigenvalue weighted by atomic mass is 32.2. The molecule has 0 aromatic carbocycles. The Morgan fingerprint density at radius 1 is 1.30 bits per heavy atom. The summed E-state index contributed by atoms with van der Waals surface area (Å²) in [5.74, 6) is 0.933. The minimum absolute atomic E-state index is 0.0355. The Bertz CT molecular complexity index is 494. The van der Waals surface area contributed by atoms with Crippen LogP contribution < -0.4 is 5.32 Å². The predicted octanol–water partition coefficient (Wildman–Crippen LogP) is 2.45. The van der Waals surface area contributed by atoms with Crippen LogP contribution in [0.3, 0.4) is 0 Å². The predicted molar refractivity (Wildman–Crippen MR) is 80.0 cm³/mol. The molecule has 0 aliphatic rings. The van der Waals surface area contributed by atoms with E-state index in [0.29, 0.717) is 25.4 Å². The number of nitrogens with zero attached hydrogens (tertiary/aromatic N) is 1. The van der Waals surface area contributed by atoms with E-state index in [0.717, 1.165) is 13.0 Å². The van der Waals surface area contributed by atoms with E-state index in [1.807, 2.05) is 20.8 Å². The first-order valence-corrected chi connectivity index (χ1v) is 8.65. The maximum atomic E-state index is 12.5. The van der Waals surface area contributed by atoms with Gasteiger partial charge in [0.2, 0.25) is 5.09 Å². The monoisotopic (exact) mass is 302 g/mol. The van der Waals surface area contributed by atoms with Gasteiger partial charge in [-0.1, -0.05) is 27.7 Å². The number of furan rings is 1. The van der Waals surface area contributed by atoms with E-state index >= 15 is 0 Å². The number of hydrogen-bond acceptors (Lipinski definition) is 4. The zero-order valence-corrected chi connectivity index (χ0v) is 13.7. The Labute approximate surface area is 122 Å². The van der Waals surface area contributed by atoms with Gasteiger partial charge in [-0.15, -0.1) is 0 Å². The molecule has 0 spiro atoms. The number of sulfonamides is 1. The van der Waals surface area contributed by atoms with Gasteiger partial charge in [0.25, 0.3) is 10.0 Å². The van der Waals surface area contributed by atoms with E-state index in [1.54, 1.807) is 12.1 Å². The lowest BCUT2D eigenvalue weighted by molar-refractivity contribution is 0.349. The quantitative estimate of drug-likeness (QED) is 0.712. The number of rotatable bonds is 9. The van der Waals surface area contributed by atoms with Gasteiger partial charge in [0.1, 0.15) is 5.76 Å². The molecule has 0 atom stereocenters. The molecule has 0 saturated heterocycles. The van der Waals surface area contributed by atoms with Crippen LogP contribution in [0.1, 0.15) is 39.9 Å². The van der Waals surface area contributed by atoms with Gasteiger partial charge in [0, 0.05) is 13.1 Å². The summed E-state index contributed by atoms with van der Waals surface area (Å²) in [5, 5.41) is 3.22. The van der Waals surface area contributed by atoms with Gasteiger partial charge in [-0.05, 0) is 31.0 Å². The van der Waals surface area contributed by atoms with Gasteiger partial charge < -0.3 is 9.73 Å². The summed E-state index contributed by atoms with van der Waals surface area (Å²) in [6.07, 6.45) is 1.03. The molecule has 0 saturated carbocycles. The van der Waals surface area contributed by atoms with Crippen molar-refractivity contribution in [2.45, 2.75) is 45.8 Å². The van der Waals surface area contributed by atoms with E-state index in [-0.39, 0.29) is 11.0 Å². The summed E-state index contributed by atoms with van der Waals surface area (Å²) in [5.41, 5.74) is 0. The number of hydrogen-bond donors (Lipinski definition) is 1. The van der Waals surface area contributed by atoms with Crippen LogP contribution >= 0.6 is 0 Å². The first-order valence-electron chi connectivity index (χ1n) is 7.21. The minimum atomic E-state index is -3.52. The molecule has 0 fully saturated rings. The van der Waals surface area contributed by atoms with Crippen LogP contribution in [0.5, 0.6) is 0 Å². The third kappa shape index (κ3) is 4.61. The molecule has 1 rings (SSSR count). The van der Waals surface area contributed by atoms with Gasteiger partial charge in [-0.2, -0.15) is 4.31 Å². The van der Waals surface area contributed by atoms with Crippen LogP contribution in [0.15, 0.2) is 21.6 Å². The van der Waals surface area contributed by atoms with E-state index in [2.05, 4.69) is 12.2 Å². The molecule has 1 aromatic heterocycles. The minimum Gasteiger partial charge on any atom is -0.447 e. The molecule has 20 heavy (non-hydrogen) atoms. The molecule has 0 aliphatic carbocycles. The fraction of sp³-hybridized carbons (Fsp3) is 0.714. The zero-order valence-electron chi connectivity index (χ0n) is 12.8. The maximum absolute atomic E-state index is 12.5. The Morgan fingerprint density at radius 3 is 2.55 bits per heavy atom. The second-order valence-corrected chi connectivity index (χ2v) is 7.12. The Hall–Kier alpha value is -0.850. The standard InChI is InChI=1S/C14H26N2O3S/c1-5-9-15-10-13-7-8-14(19-13)20(17,18)16(6-2)11-12(3)4/h7-8,12,15H,5-6,9-11H2,1-4H3. The van der Waals surface area contributed by atoms with Gasteiger partial charge in [0.15, 0.2) is 0 Å². The van der Waals surface area contributed by atoms with Crippen molar-refractivity contribution in [3.05, 3.63) is 17.9 Å². The topological polar surface area (TPSA) is 62.6 Å². The zero-order chi connectivity index (χ0) is 15.2. The highest BCUT2D eigenvalue weighted by molar-refractivity contribution is 7.89. The van der Waals surface area contributed by atoms with E-state index in [9.17, 15) is 8.42 Å². The second-order valence-electron chi connectivity index (χ2n) is 5.25. The molecular weight excluding hydrogens is 276 g/mol. The summed E-state index contributed by atoms with van der Waals surface area (Å²) in [6, 6.07) is 3.26. The van der Waals surface area contributed by atoms with Crippen molar-refractivity contribution >= 4 is 10.0 Å². The SMILES string of the molecule is CCCNCc1ccc(S(=O)(=O)N(CC)CC(C)C)o1. The highest BCUT2D eigenvalue weighted by Gasteiger charge is 2.26. The van der Waals surface area contributed by atoms with Crippen molar-refractivity contribution in [2.24, 2.45) is 5.92 Å². The van der Waals surface area contributed by atoms with Gasteiger partial charge in [-0.25, -0.2) is 8.42 Å². The van der Waals surface area contributed by atoms with Crippen LogP contribution in [0.2, 0.25) is 0 Å². The molecule has 0 amide bonds. The van der Waals surface area contributed by atoms with Gasteiger partial charge in [0.05, 0.1) is 6.54 Å². The van der Waals surface area contributed by atoms with Crippen molar-refractivity contribution in [1.82, 2.24) is 9.62 Å². The molecule has 0 unspecified atom stereocenters. The average Bonchev–Trinajstić information content (AvgIpc) is 2.85. The summed E-state index contributed by atoms with van der Waals surface area (Å²) < 4.78 is 31.8. The molecule has 0 bridgehead atoms. The molecule has 116 valence electrons. The van der Waals surface area contributed by atoms with Crippen LogP contribution in [-0.2, 0) is 16.6 Å². The summed E-state index contributed by atoms with van der Waals surface area (Å²) in [6.45, 7) is 10.3. The Balaban J connectivity index is 2.81. The lowest BCUT2D eigenvalue weighted by Crippen LogP contribution is -2.33. The van der Waals surface area contributed by atoms with Crippen LogP contribution in [-0.4, -0.2) is 32.4 Å². The van der Waals surface area contributed by atoms with E-state index in [1.165, 1.54) is 4.31 Å². The maximum Gasteiger partial charge on any atom is 0.276 e. The summed E-state index contributed by atoms with van der Waals surface area (Å²) in [7, 11) is -3.52. The van der Waals surface area contributed by atoms with Gasteiger partial charge >= 0.3 is 0 Å². The first kappa shape index (κ1) is 17.2. The fourth-order valence-corrected chi connectivity index (χ4v) is 3.45. The molecule has 0 aliphatic heterocycles. The smallest absolute Gasteiger partial charge is 0.276 e. The molecule has 1 heterocycles. The molecule has 1 N–H and O–H groups in total. The third-order valence-electron chi connectivity index (χ3n) is 2.88. The number of nitrogens with one attached hydrogen (secondary N) is 1. The first-order chi connectivity index (χ1) is 9.41. The van der Waals surface area contributed by atoms with Crippen LogP contribution in [0.4, 0.5) is 0 Å². The lowest BCUT2D eigenvalue weighted by atomic mass is 10.2. The van der Waals surface area contributed by atoms with Crippen molar-refractivity contribution in [2.75, 3.05) is 19.6 Å². The average molecular weight is 302 g/mol. The van der Waals surface area contributed by atoms with Crippen molar-refractivity contribution in [3.63, 3.8) is 0 Å². The largest absolute Gasteiger partial charge is 0.447 e.